The Labute approximate surface area is 103 Å². The second-order valence-corrected chi connectivity index (χ2v) is 4.33. The highest BCUT2D eigenvalue weighted by Gasteiger charge is 2.18. The van der Waals surface area contributed by atoms with Gasteiger partial charge in [-0.3, -0.25) is 0 Å². The number of nitrogens with zero attached hydrogens (tertiary/aromatic N) is 2. The highest BCUT2D eigenvalue weighted by atomic mass is 19.1. The van der Waals surface area contributed by atoms with Crippen LogP contribution in [-0.2, 0) is 0 Å². The fourth-order valence-electron chi connectivity index (χ4n) is 1.51. The van der Waals surface area contributed by atoms with E-state index in [9.17, 15) is 8.78 Å². The van der Waals surface area contributed by atoms with Crippen molar-refractivity contribution in [1.82, 2.24) is 10.1 Å². The fourth-order valence-corrected chi connectivity index (χ4v) is 1.51. The standard InChI is InChI=1S/C12H13F2N3O/c1-6(2)12-16-11(17-18-12)10(15)7-3-8(13)5-9(14)4-7/h3-6,10H,15H2,1-2H3. The van der Waals surface area contributed by atoms with Crippen LogP contribution < -0.4 is 5.73 Å². The molecule has 96 valence electrons. The molecular formula is C12H13F2N3O. The van der Waals surface area contributed by atoms with Crippen molar-refractivity contribution in [3.63, 3.8) is 0 Å². The molecule has 18 heavy (non-hydrogen) atoms. The predicted octanol–water partition coefficient (Wildman–Crippen LogP) is 2.52. The molecule has 0 fully saturated rings. The maximum Gasteiger partial charge on any atom is 0.229 e. The Morgan fingerprint density at radius 1 is 1.17 bits per heavy atom. The van der Waals surface area contributed by atoms with E-state index < -0.39 is 17.7 Å². The van der Waals surface area contributed by atoms with E-state index in [1.807, 2.05) is 13.8 Å². The largest absolute Gasteiger partial charge is 0.339 e. The average Bonchev–Trinajstić information content (AvgIpc) is 2.75. The monoisotopic (exact) mass is 253 g/mol. The first-order valence-corrected chi connectivity index (χ1v) is 5.52. The van der Waals surface area contributed by atoms with Crippen LogP contribution >= 0.6 is 0 Å². The minimum atomic E-state index is -0.813. The van der Waals surface area contributed by atoms with E-state index in [-0.39, 0.29) is 17.3 Å². The summed E-state index contributed by atoms with van der Waals surface area (Å²) in [7, 11) is 0. The average molecular weight is 253 g/mol. The van der Waals surface area contributed by atoms with Crippen LogP contribution in [0.1, 0.15) is 43.1 Å². The maximum atomic E-state index is 13.1. The first-order valence-electron chi connectivity index (χ1n) is 5.52. The quantitative estimate of drug-likeness (QED) is 0.912. The molecule has 1 aromatic heterocycles. The normalized spacial score (nSPS) is 13.0. The van der Waals surface area contributed by atoms with Gasteiger partial charge in [0.1, 0.15) is 11.6 Å². The zero-order valence-corrected chi connectivity index (χ0v) is 10.0. The van der Waals surface area contributed by atoms with Crippen molar-refractivity contribution in [3.8, 4) is 0 Å². The van der Waals surface area contributed by atoms with Crippen LogP contribution in [0, 0.1) is 11.6 Å². The van der Waals surface area contributed by atoms with Gasteiger partial charge in [0.25, 0.3) is 0 Å². The molecule has 0 aliphatic heterocycles. The Morgan fingerprint density at radius 3 is 2.28 bits per heavy atom. The van der Waals surface area contributed by atoms with Crippen molar-refractivity contribution >= 4 is 0 Å². The Bertz CT molecular complexity index is 534. The molecule has 6 heteroatoms. The molecule has 0 saturated heterocycles. The topological polar surface area (TPSA) is 64.9 Å². The summed E-state index contributed by atoms with van der Waals surface area (Å²) in [6, 6.07) is 2.27. The minimum absolute atomic E-state index is 0.0719. The van der Waals surface area contributed by atoms with E-state index in [1.165, 1.54) is 0 Å². The van der Waals surface area contributed by atoms with Gasteiger partial charge in [-0.25, -0.2) is 8.78 Å². The van der Waals surface area contributed by atoms with Crippen LogP contribution in [0.3, 0.4) is 0 Å². The summed E-state index contributed by atoms with van der Waals surface area (Å²) < 4.78 is 31.2. The molecule has 0 amide bonds. The third-order valence-corrected chi connectivity index (χ3v) is 2.47. The van der Waals surface area contributed by atoms with Crippen molar-refractivity contribution in [2.75, 3.05) is 0 Å². The Kier molecular flexibility index (Phi) is 3.38. The summed E-state index contributed by atoms with van der Waals surface area (Å²) in [4.78, 5) is 4.10. The molecule has 2 N–H and O–H groups in total. The van der Waals surface area contributed by atoms with Crippen LogP contribution in [0.4, 0.5) is 8.78 Å². The third kappa shape index (κ3) is 2.53. The van der Waals surface area contributed by atoms with E-state index >= 15 is 0 Å². The van der Waals surface area contributed by atoms with Crippen LogP contribution in [-0.4, -0.2) is 10.1 Å². The van der Waals surface area contributed by atoms with E-state index in [1.54, 1.807) is 0 Å². The summed E-state index contributed by atoms with van der Waals surface area (Å²) in [5.74, 6) is -0.648. The number of hydrogen-bond donors (Lipinski definition) is 1. The van der Waals surface area contributed by atoms with E-state index in [0.717, 1.165) is 18.2 Å². The number of rotatable bonds is 3. The molecule has 0 aliphatic carbocycles. The van der Waals surface area contributed by atoms with Gasteiger partial charge in [-0.2, -0.15) is 4.98 Å². The van der Waals surface area contributed by atoms with Gasteiger partial charge < -0.3 is 10.3 Å². The molecule has 1 aromatic carbocycles. The lowest BCUT2D eigenvalue weighted by Crippen LogP contribution is -2.14. The highest BCUT2D eigenvalue weighted by Crippen LogP contribution is 2.21. The van der Waals surface area contributed by atoms with Crippen molar-refractivity contribution in [2.45, 2.75) is 25.8 Å². The van der Waals surface area contributed by atoms with E-state index in [4.69, 9.17) is 10.3 Å². The van der Waals surface area contributed by atoms with Crippen LogP contribution in [0.25, 0.3) is 0 Å². The van der Waals surface area contributed by atoms with Gasteiger partial charge in [0, 0.05) is 12.0 Å². The molecule has 0 aliphatic rings. The number of aromatic nitrogens is 2. The number of benzene rings is 1. The lowest BCUT2D eigenvalue weighted by atomic mass is 10.1. The molecule has 1 heterocycles. The van der Waals surface area contributed by atoms with Gasteiger partial charge in [0.05, 0.1) is 6.04 Å². The number of nitrogens with two attached hydrogens (primary N) is 1. The van der Waals surface area contributed by atoms with Crippen LogP contribution in [0.5, 0.6) is 0 Å². The molecule has 0 saturated carbocycles. The van der Waals surface area contributed by atoms with E-state index in [0.29, 0.717) is 5.89 Å². The van der Waals surface area contributed by atoms with Gasteiger partial charge in [0.15, 0.2) is 5.82 Å². The van der Waals surface area contributed by atoms with Crippen LogP contribution in [0.15, 0.2) is 22.7 Å². The lowest BCUT2D eigenvalue weighted by molar-refractivity contribution is 0.359. The van der Waals surface area contributed by atoms with Crippen molar-refractivity contribution in [2.24, 2.45) is 5.73 Å². The summed E-state index contributed by atoms with van der Waals surface area (Å²) in [6.07, 6.45) is 0. The molecule has 0 radical (unpaired) electrons. The zero-order chi connectivity index (χ0) is 13.3. The zero-order valence-electron chi connectivity index (χ0n) is 10.0. The molecule has 0 bridgehead atoms. The number of halogens is 2. The summed E-state index contributed by atoms with van der Waals surface area (Å²) in [5, 5.41) is 3.72. The molecule has 2 rings (SSSR count). The van der Waals surface area contributed by atoms with Gasteiger partial charge in [-0.15, -0.1) is 0 Å². The fraction of sp³-hybridized carbons (Fsp3) is 0.333. The van der Waals surface area contributed by atoms with Gasteiger partial charge in [0.2, 0.25) is 5.89 Å². The Balaban J connectivity index is 2.31. The Hall–Kier alpha value is -1.82. The minimum Gasteiger partial charge on any atom is -0.339 e. The van der Waals surface area contributed by atoms with Crippen molar-refractivity contribution < 1.29 is 13.3 Å². The van der Waals surface area contributed by atoms with Crippen molar-refractivity contribution in [3.05, 3.63) is 47.1 Å². The lowest BCUT2D eigenvalue weighted by Gasteiger charge is -2.07. The molecule has 0 spiro atoms. The summed E-state index contributed by atoms with van der Waals surface area (Å²) in [5.41, 5.74) is 6.12. The predicted molar refractivity (Wildman–Crippen MR) is 60.8 cm³/mol. The second-order valence-electron chi connectivity index (χ2n) is 4.33. The van der Waals surface area contributed by atoms with Crippen molar-refractivity contribution in [1.29, 1.82) is 0 Å². The first kappa shape index (κ1) is 12.6. The third-order valence-electron chi connectivity index (χ3n) is 2.47. The smallest absolute Gasteiger partial charge is 0.229 e. The highest BCUT2D eigenvalue weighted by molar-refractivity contribution is 5.25. The summed E-state index contributed by atoms with van der Waals surface area (Å²) in [6.45, 7) is 3.79. The molecule has 1 atom stereocenters. The molecular weight excluding hydrogens is 240 g/mol. The first-order chi connectivity index (χ1) is 8.47. The van der Waals surface area contributed by atoms with E-state index in [2.05, 4.69) is 10.1 Å². The van der Waals surface area contributed by atoms with Gasteiger partial charge >= 0.3 is 0 Å². The molecule has 1 unspecified atom stereocenters. The van der Waals surface area contributed by atoms with Crippen LogP contribution in [0.2, 0.25) is 0 Å². The van der Waals surface area contributed by atoms with Gasteiger partial charge in [-0.1, -0.05) is 19.0 Å². The maximum absolute atomic E-state index is 13.1. The molecule has 4 nitrogen and oxygen atoms in total. The number of hydrogen-bond acceptors (Lipinski definition) is 4. The summed E-state index contributed by atoms with van der Waals surface area (Å²) >= 11 is 0. The Morgan fingerprint density at radius 2 is 1.78 bits per heavy atom. The molecule has 2 aromatic rings. The second kappa shape index (κ2) is 4.81. The van der Waals surface area contributed by atoms with Gasteiger partial charge in [-0.05, 0) is 17.7 Å². The SMILES string of the molecule is CC(C)c1nc(C(N)c2cc(F)cc(F)c2)no1.